The van der Waals surface area contributed by atoms with Gasteiger partial charge in [-0.25, -0.2) is 0 Å². The van der Waals surface area contributed by atoms with Crippen LogP contribution in [-0.4, -0.2) is 25.8 Å². The Labute approximate surface area is 144 Å². The van der Waals surface area contributed by atoms with Crippen LogP contribution in [-0.2, 0) is 20.7 Å². The molecule has 0 spiro atoms. The highest BCUT2D eigenvalue weighted by Gasteiger charge is 2.40. The first-order chi connectivity index (χ1) is 12.2. The predicted molar refractivity (Wildman–Crippen MR) is 89.6 cm³/mol. The quantitative estimate of drug-likeness (QED) is 0.672. The summed E-state index contributed by atoms with van der Waals surface area (Å²) in [6.07, 6.45) is 0.536. The molecule has 2 aromatic rings. The maximum absolute atomic E-state index is 12.7. The minimum absolute atomic E-state index is 0.174. The number of methoxy groups -OCH3 is 1. The van der Waals surface area contributed by atoms with Gasteiger partial charge in [-0.1, -0.05) is 24.3 Å². The second-order valence-corrected chi connectivity index (χ2v) is 6.07. The van der Waals surface area contributed by atoms with Crippen LogP contribution in [0.15, 0.2) is 42.5 Å². The van der Waals surface area contributed by atoms with Gasteiger partial charge in [-0.2, -0.15) is 0 Å². The van der Waals surface area contributed by atoms with Crippen molar-refractivity contribution < 1.29 is 23.8 Å². The molecular weight excluding hydrogens is 322 g/mol. The Bertz CT molecular complexity index is 847. The van der Waals surface area contributed by atoms with Crippen LogP contribution in [0.5, 0.6) is 11.5 Å². The van der Waals surface area contributed by atoms with Crippen molar-refractivity contribution in [2.75, 3.05) is 19.2 Å². The molecule has 4 rings (SSSR count). The monoisotopic (exact) mass is 339 g/mol. The van der Waals surface area contributed by atoms with Crippen molar-refractivity contribution in [3.8, 4) is 11.5 Å². The van der Waals surface area contributed by atoms with Gasteiger partial charge in [-0.05, 0) is 35.7 Å². The highest BCUT2D eigenvalue weighted by atomic mass is 16.7. The van der Waals surface area contributed by atoms with E-state index in [0.29, 0.717) is 17.9 Å². The Balaban J connectivity index is 1.80. The lowest BCUT2D eigenvalue weighted by molar-refractivity contribution is -0.149. The van der Waals surface area contributed by atoms with Crippen molar-refractivity contribution in [2.24, 2.45) is 5.92 Å². The van der Waals surface area contributed by atoms with Crippen LogP contribution in [0.1, 0.15) is 17.0 Å². The smallest absolute Gasteiger partial charge is 0.318 e. The van der Waals surface area contributed by atoms with Gasteiger partial charge in [0.15, 0.2) is 11.5 Å². The van der Waals surface area contributed by atoms with E-state index < -0.39 is 11.9 Å². The van der Waals surface area contributed by atoms with E-state index in [9.17, 15) is 9.59 Å². The average Bonchev–Trinajstić information content (AvgIpc) is 3.04. The molecule has 0 aliphatic carbocycles. The Kier molecular flexibility index (Phi) is 3.80. The minimum atomic E-state index is -0.933. The molecule has 128 valence electrons. The molecule has 2 heterocycles. The number of fused-ring (bicyclic) bond motifs is 2. The fraction of sp³-hybridized carbons (Fsp3) is 0.263. The number of hydrogen-bond donors (Lipinski definition) is 1. The van der Waals surface area contributed by atoms with E-state index in [1.165, 1.54) is 7.11 Å². The minimum Gasteiger partial charge on any atom is -0.468 e. The van der Waals surface area contributed by atoms with E-state index in [1.54, 1.807) is 6.07 Å². The Hall–Kier alpha value is -3.02. The van der Waals surface area contributed by atoms with Crippen molar-refractivity contribution in [1.82, 2.24) is 0 Å². The molecule has 2 aliphatic heterocycles. The number of carbonyl (C=O) groups excluding carboxylic acids is 2. The zero-order chi connectivity index (χ0) is 17.4. The highest BCUT2D eigenvalue weighted by molar-refractivity contribution is 6.06. The second kappa shape index (κ2) is 6.12. The van der Waals surface area contributed by atoms with E-state index in [2.05, 4.69) is 5.32 Å². The zero-order valence-electron chi connectivity index (χ0n) is 13.7. The maximum Gasteiger partial charge on any atom is 0.318 e. The molecule has 2 aliphatic rings. The van der Waals surface area contributed by atoms with Gasteiger partial charge in [0.2, 0.25) is 12.7 Å². The van der Waals surface area contributed by atoms with Gasteiger partial charge in [-0.3, -0.25) is 9.59 Å². The van der Waals surface area contributed by atoms with Gasteiger partial charge in [0, 0.05) is 11.6 Å². The fourth-order valence-corrected chi connectivity index (χ4v) is 3.42. The standard InChI is InChI=1S/C19H17NO5/c1-23-19(22)17-13(11-6-7-15-16(9-11)25-10-24-15)8-12-4-2-3-5-14(12)20-18(17)21/h2-7,9,13,17H,8,10H2,1H3,(H,20,21)/t13-,17-/m1/s1. The second-order valence-electron chi connectivity index (χ2n) is 6.07. The number of ether oxygens (including phenoxy) is 3. The molecule has 6 nitrogen and oxygen atoms in total. The first kappa shape index (κ1) is 15.5. The van der Waals surface area contributed by atoms with Crippen molar-refractivity contribution >= 4 is 17.6 Å². The number of benzene rings is 2. The van der Waals surface area contributed by atoms with Crippen LogP contribution in [0.4, 0.5) is 5.69 Å². The molecule has 0 bridgehead atoms. The average molecular weight is 339 g/mol. The third kappa shape index (κ3) is 2.69. The molecule has 0 saturated heterocycles. The molecular formula is C19H17NO5. The lowest BCUT2D eigenvalue weighted by Crippen LogP contribution is -2.34. The van der Waals surface area contributed by atoms with Gasteiger partial charge in [0.05, 0.1) is 7.11 Å². The van der Waals surface area contributed by atoms with Gasteiger partial charge in [0.1, 0.15) is 5.92 Å². The van der Waals surface area contributed by atoms with Crippen molar-refractivity contribution in [2.45, 2.75) is 12.3 Å². The third-order valence-corrected chi connectivity index (χ3v) is 4.68. The molecule has 2 atom stereocenters. The maximum atomic E-state index is 12.7. The molecule has 0 aromatic heterocycles. The number of esters is 1. The Morgan fingerprint density at radius 2 is 1.96 bits per heavy atom. The van der Waals surface area contributed by atoms with Crippen molar-refractivity contribution in [3.05, 3.63) is 53.6 Å². The normalized spacial score (nSPS) is 21.1. The van der Waals surface area contributed by atoms with Crippen molar-refractivity contribution in [1.29, 1.82) is 0 Å². The molecule has 0 unspecified atom stereocenters. The van der Waals surface area contributed by atoms with E-state index in [0.717, 1.165) is 16.8 Å². The first-order valence-corrected chi connectivity index (χ1v) is 8.03. The van der Waals surface area contributed by atoms with Crippen LogP contribution in [0, 0.1) is 5.92 Å². The van der Waals surface area contributed by atoms with Gasteiger partial charge < -0.3 is 19.5 Å². The summed E-state index contributed by atoms with van der Waals surface area (Å²) in [5.41, 5.74) is 2.54. The number of hydrogen-bond acceptors (Lipinski definition) is 5. The lowest BCUT2D eigenvalue weighted by Gasteiger charge is -2.22. The Morgan fingerprint density at radius 1 is 1.16 bits per heavy atom. The SMILES string of the molecule is COC(=O)[C@H]1C(=O)Nc2ccccc2C[C@@H]1c1ccc2c(c1)OCO2. The number of carbonyl (C=O) groups is 2. The summed E-state index contributed by atoms with van der Waals surface area (Å²) in [6.45, 7) is 0.174. The summed E-state index contributed by atoms with van der Waals surface area (Å²) in [6, 6.07) is 13.1. The topological polar surface area (TPSA) is 73.9 Å². The molecule has 0 radical (unpaired) electrons. The summed E-state index contributed by atoms with van der Waals surface area (Å²) in [4.78, 5) is 25.1. The molecule has 1 N–H and O–H groups in total. The van der Waals surface area contributed by atoms with Crippen LogP contribution < -0.4 is 14.8 Å². The Morgan fingerprint density at radius 3 is 2.80 bits per heavy atom. The van der Waals surface area contributed by atoms with E-state index in [1.807, 2.05) is 36.4 Å². The summed E-state index contributed by atoms with van der Waals surface area (Å²) < 4.78 is 15.7. The highest BCUT2D eigenvalue weighted by Crippen LogP contribution is 2.40. The molecule has 1 amide bonds. The van der Waals surface area contributed by atoms with E-state index >= 15 is 0 Å². The molecule has 0 fully saturated rings. The number of nitrogens with one attached hydrogen (secondary N) is 1. The molecule has 0 saturated carbocycles. The summed E-state index contributed by atoms with van der Waals surface area (Å²) >= 11 is 0. The van der Waals surface area contributed by atoms with Crippen LogP contribution in [0.2, 0.25) is 0 Å². The van der Waals surface area contributed by atoms with E-state index in [-0.39, 0.29) is 18.6 Å². The molecule has 6 heteroatoms. The lowest BCUT2D eigenvalue weighted by atomic mass is 9.81. The van der Waals surface area contributed by atoms with E-state index in [4.69, 9.17) is 14.2 Å². The first-order valence-electron chi connectivity index (χ1n) is 8.03. The fourth-order valence-electron chi connectivity index (χ4n) is 3.42. The summed E-state index contributed by atoms with van der Waals surface area (Å²) in [7, 11) is 1.30. The molecule has 25 heavy (non-hydrogen) atoms. The largest absolute Gasteiger partial charge is 0.468 e. The number of anilines is 1. The van der Waals surface area contributed by atoms with Crippen LogP contribution in [0.3, 0.4) is 0 Å². The number of rotatable bonds is 2. The summed E-state index contributed by atoms with van der Waals surface area (Å²) in [5.74, 6) is -0.910. The third-order valence-electron chi connectivity index (χ3n) is 4.68. The van der Waals surface area contributed by atoms with Gasteiger partial charge >= 0.3 is 5.97 Å². The van der Waals surface area contributed by atoms with Crippen LogP contribution >= 0.6 is 0 Å². The molecule has 2 aromatic carbocycles. The predicted octanol–water partition coefficient (Wildman–Crippen LogP) is 2.48. The van der Waals surface area contributed by atoms with Crippen molar-refractivity contribution in [3.63, 3.8) is 0 Å². The van der Waals surface area contributed by atoms with Gasteiger partial charge in [-0.15, -0.1) is 0 Å². The number of para-hydroxylation sites is 1. The zero-order valence-corrected chi connectivity index (χ0v) is 13.7. The number of amides is 1. The van der Waals surface area contributed by atoms with Crippen LogP contribution in [0.25, 0.3) is 0 Å². The summed E-state index contributed by atoms with van der Waals surface area (Å²) in [5, 5.41) is 2.84. The van der Waals surface area contributed by atoms with Gasteiger partial charge in [0.25, 0.3) is 0 Å².